The minimum absolute atomic E-state index is 0.0260. The van der Waals surface area contributed by atoms with Crippen molar-refractivity contribution in [2.45, 2.75) is 25.3 Å². The number of carbonyl (C=O) groups is 2. The molecular formula is C25H24Br2N4O3. The largest absolute Gasteiger partial charge is 0.397 e. The number of nitrogens with zero attached hydrogens (tertiary/aromatic N) is 2. The molecule has 1 saturated heterocycles. The van der Waals surface area contributed by atoms with E-state index in [-0.39, 0.29) is 35.3 Å². The Morgan fingerprint density at radius 3 is 2.29 bits per heavy atom. The Bertz CT molecular complexity index is 1290. The van der Waals surface area contributed by atoms with Crippen molar-refractivity contribution in [1.82, 2.24) is 14.5 Å². The number of piperidine rings is 1. The van der Waals surface area contributed by atoms with E-state index in [1.165, 1.54) is 0 Å². The van der Waals surface area contributed by atoms with Gasteiger partial charge in [-0.25, -0.2) is 4.79 Å². The van der Waals surface area contributed by atoms with Crippen molar-refractivity contribution < 1.29 is 9.59 Å². The molecule has 3 N–H and O–H groups in total. The second-order valence-corrected chi connectivity index (χ2v) is 10.7. The van der Waals surface area contributed by atoms with Gasteiger partial charge in [-0.05, 0) is 68.8 Å². The van der Waals surface area contributed by atoms with E-state index in [2.05, 4.69) is 36.8 Å². The Hall–Kier alpha value is -2.65. The van der Waals surface area contributed by atoms with Crippen LogP contribution >= 0.6 is 31.9 Å². The number of imidazole rings is 1. The van der Waals surface area contributed by atoms with Gasteiger partial charge >= 0.3 is 5.69 Å². The number of nitrogen functional groups attached to an aromatic ring is 1. The first-order chi connectivity index (χ1) is 16.3. The van der Waals surface area contributed by atoms with Crippen molar-refractivity contribution in [3.8, 4) is 11.3 Å². The molecule has 9 heteroatoms. The molecule has 1 saturated carbocycles. The van der Waals surface area contributed by atoms with Crippen LogP contribution < -0.4 is 11.4 Å². The van der Waals surface area contributed by atoms with E-state index in [0.29, 0.717) is 52.5 Å². The van der Waals surface area contributed by atoms with Gasteiger partial charge in [0.05, 0.1) is 11.4 Å². The predicted molar refractivity (Wildman–Crippen MR) is 138 cm³/mol. The highest BCUT2D eigenvalue weighted by Gasteiger charge is 2.49. The van der Waals surface area contributed by atoms with Gasteiger partial charge in [-0.2, -0.15) is 0 Å². The summed E-state index contributed by atoms with van der Waals surface area (Å²) in [6, 6.07) is 13.2. The summed E-state index contributed by atoms with van der Waals surface area (Å²) in [5.74, 6) is -0.536. The van der Waals surface area contributed by atoms with Gasteiger partial charge in [-0.1, -0.05) is 30.3 Å². The van der Waals surface area contributed by atoms with E-state index < -0.39 is 0 Å². The minimum Gasteiger partial charge on any atom is -0.397 e. The zero-order chi connectivity index (χ0) is 24.0. The van der Waals surface area contributed by atoms with Crippen LogP contribution in [0, 0.1) is 11.8 Å². The molecule has 2 aliphatic rings. The molecule has 1 aromatic heterocycles. The first-order valence-corrected chi connectivity index (χ1v) is 12.9. The summed E-state index contributed by atoms with van der Waals surface area (Å²) in [6.07, 6.45) is 3.87. The molecule has 2 fully saturated rings. The number of halogens is 2. The zero-order valence-electron chi connectivity index (χ0n) is 18.3. The number of likely N-dealkylation sites (tertiary alicyclic amines) is 1. The fraction of sp³-hybridized carbons (Fsp3) is 0.320. The maximum Gasteiger partial charge on any atom is 0.326 e. The van der Waals surface area contributed by atoms with Gasteiger partial charge in [-0.3, -0.25) is 14.2 Å². The van der Waals surface area contributed by atoms with Crippen molar-refractivity contribution in [1.29, 1.82) is 0 Å². The highest BCUT2D eigenvalue weighted by molar-refractivity contribution is 9.11. The summed E-state index contributed by atoms with van der Waals surface area (Å²) in [5, 5.41) is 0. The second kappa shape index (κ2) is 9.19. The molecule has 34 heavy (non-hydrogen) atoms. The Morgan fingerprint density at radius 2 is 1.65 bits per heavy atom. The van der Waals surface area contributed by atoms with E-state index >= 15 is 0 Å². The summed E-state index contributed by atoms with van der Waals surface area (Å²) < 4.78 is 3.07. The van der Waals surface area contributed by atoms with Crippen LogP contribution in [-0.4, -0.2) is 39.2 Å². The number of carbonyl (C=O) groups excluding carboxylic acids is 2. The van der Waals surface area contributed by atoms with Crippen LogP contribution in [0.25, 0.3) is 11.3 Å². The molecule has 7 nitrogen and oxygen atoms in total. The number of ketones is 1. The van der Waals surface area contributed by atoms with Crippen LogP contribution in [-0.2, 0) is 4.79 Å². The molecule has 0 unspecified atom stereocenters. The molecule has 1 aliphatic heterocycles. The van der Waals surface area contributed by atoms with E-state index in [4.69, 9.17) is 5.73 Å². The number of Topliss-reactive ketones (excluding diaryl/α,β-unsaturated/α-hetero) is 1. The molecule has 5 rings (SSSR count). The molecule has 1 aliphatic carbocycles. The third-order valence-corrected chi connectivity index (χ3v) is 8.12. The number of nitrogens with one attached hydrogen (secondary N) is 1. The number of aromatic amines is 1. The minimum atomic E-state index is -0.284. The normalized spacial score (nSPS) is 20.4. The molecule has 2 aromatic carbocycles. The molecule has 0 radical (unpaired) electrons. The Kier molecular flexibility index (Phi) is 6.24. The number of anilines is 1. The van der Waals surface area contributed by atoms with Crippen molar-refractivity contribution in [2.75, 3.05) is 18.8 Å². The third kappa shape index (κ3) is 4.38. The summed E-state index contributed by atoms with van der Waals surface area (Å²) in [4.78, 5) is 43.3. The van der Waals surface area contributed by atoms with E-state index in [0.717, 1.165) is 11.3 Å². The number of hydrogen-bond acceptors (Lipinski definition) is 4. The van der Waals surface area contributed by atoms with Gasteiger partial charge in [0, 0.05) is 51.7 Å². The van der Waals surface area contributed by atoms with Gasteiger partial charge in [0.2, 0.25) is 5.91 Å². The van der Waals surface area contributed by atoms with E-state index in [9.17, 15) is 14.4 Å². The van der Waals surface area contributed by atoms with Crippen LogP contribution in [0.15, 0.2) is 62.4 Å². The van der Waals surface area contributed by atoms with Crippen molar-refractivity contribution in [3.63, 3.8) is 0 Å². The number of benzene rings is 2. The number of nitrogens with two attached hydrogens (primary N) is 1. The lowest BCUT2D eigenvalue weighted by atomic mass is 10.0. The van der Waals surface area contributed by atoms with Crippen LogP contribution in [0.1, 0.15) is 35.7 Å². The first kappa shape index (κ1) is 23.1. The van der Waals surface area contributed by atoms with Crippen LogP contribution in [0.4, 0.5) is 5.69 Å². The first-order valence-electron chi connectivity index (χ1n) is 11.3. The van der Waals surface area contributed by atoms with E-state index in [1.54, 1.807) is 16.7 Å². The summed E-state index contributed by atoms with van der Waals surface area (Å²) in [6.45, 7) is 1.16. The van der Waals surface area contributed by atoms with Gasteiger partial charge in [0.25, 0.3) is 0 Å². The number of amides is 1. The number of hydrogen-bond donors (Lipinski definition) is 2. The number of H-pyrrole nitrogens is 1. The summed E-state index contributed by atoms with van der Waals surface area (Å²) in [7, 11) is 0. The van der Waals surface area contributed by atoms with Gasteiger partial charge in [-0.15, -0.1) is 0 Å². The maximum absolute atomic E-state index is 13.1. The molecule has 176 valence electrons. The van der Waals surface area contributed by atoms with Crippen LogP contribution in [0.5, 0.6) is 0 Å². The predicted octanol–water partition coefficient (Wildman–Crippen LogP) is 4.63. The Morgan fingerprint density at radius 1 is 1.00 bits per heavy atom. The monoisotopic (exact) mass is 586 g/mol. The topological polar surface area (TPSA) is 101 Å². The smallest absolute Gasteiger partial charge is 0.326 e. The standard InChI is InChI=1S/C25H24Br2N4O3/c26-19-10-15(11-20(27)22(19)28)23(32)17-12-18(17)24(33)30-8-6-16(7-9-30)31-13-21(29-25(31)34)14-4-2-1-3-5-14/h1-5,10-11,13,16-18H,6-9,12,28H2,(H,29,34)/t17-,18-/m1/s1. The highest BCUT2D eigenvalue weighted by atomic mass is 79.9. The zero-order valence-corrected chi connectivity index (χ0v) is 21.5. The molecule has 1 amide bonds. The lowest BCUT2D eigenvalue weighted by Gasteiger charge is -2.32. The van der Waals surface area contributed by atoms with Crippen molar-refractivity contribution in [2.24, 2.45) is 11.8 Å². The molecule has 3 aromatic rings. The van der Waals surface area contributed by atoms with Crippen LogP contribution in [0.3, 0.4) is 0 Å². The van der Waals surface area contributed by atoms with Crippen LogP contribution in [0.2, 0.25) is 0 Å². The number of aromatic nitrogens is 2. The van der Waals surface area contributed by atoms with Gasteiger partial charge < -0.3 is 15.6 Å². The van der Waals surface area contributed by atoms with Gasteiger partial charge in [0.15, 0.2) is 5.78 Å². The maximum atomic E-state index is 13.1. The molecule has 0 bridgehead atoms. The second-order valence-electron chi connectivity index (χ2n) is 8.97. The van der Waals surface area contributed by atoms with Crippen molar-refractivity contribution >= 4 is 49.2 Å². The molecular weight excluding hydrogens is 564 g/mol. The Labute approximate surface area is 213 Å². The lowest BCUT2D eigenvalue weighted by molar-refractivity contribution is -0.134. The van der Waals surface area contributed by atoms with Gasteiger partial charge in [0.1, 0.15) is 0 Å². The average molecular weight is 588 g/mol. The highest BCUT2D eigenvalue weighted by Crippen LogP contribution is 2.44. The molecule has 2 atom stereocenters. The fourth-order valence-corrected chi connectivity index (χ4v) is 5.93. The summed E-state index contributed by atoms with van der Waals surface area (Å²) >= 11 is 6.75. The average Bonchev–Trinajstić information content (AvgIpc) is 3.56. The third-order valence-electron chi connectivity index (χ3n) is 6.81. The van der Waals surface area contributed by atoms with Crippen molar-refractivity contribution in [3.05, 3.63) is 73.7 Å². The lowest BCUT2D eigenvalue weighted by Crippen LogP contribution is -2.41. The number of rotatable bonds is 5. The fourth-order valence-electron chi connectivity index (χ4n) is 4.74. The van der Waals surface area contributed by atoms with E-state index in [1.807, 2.05) is 41.4 Å². The Balaban J connectivity index is 1.20. The molecule has 0 spiro atoms. The molecule has 2 heterocycles. The quantitative estimate of drug-likeness (QED) is 0.335. The summed E-state index contributed by atoms with van der Waals surface area (Å²) in [5.41, 5.74) is 8.65. The SMILES string of the molecule is Nc1c(Br)cc(C(=O)[C@@H]2C[C@H]2C(=O)N2CCC(n3cc(-c4ccccc4)[nH]c3=O)CC2)cc1Br.